The standard InChI is InChI=1S/C16H16N2O2S/c1-11(9-14(19)12-5-3-2-4-6-12)18-16(20)15-13(10-17)7-8-21-15/h2-8,11,14,19H,9H2,1H3,(H,18,20). The summed E-state index contributed by atoms with van der Waals surface area (Å²) >= 11 is 1.24. The molecular formula is C16H16N2O2S. The zero-order valence-electron chi connectivity index (χ0n) is 11.6. The molecular weight excluding hydrogens is 284 g/mol. The third-order valence-corrected chi connectivity index (χ3v) is 4.04. The molecule has 0 radical (unpaired) electrons. The first-order valence-corrected chi connectivity index (χ1v) is 7.51. The summed E-state index contributed by atoms with van der Waals surface area (Å²) in [5, 5.41) is 23.6. The maximum Gasteiger partial charge on any atom is 0.262 e. The molecule has 0 bridgehead atoms. The van der Waals surface area contributed by atoms with Gasteiger partial charge >= 0.3 is 0 Å². The van der Waals surface area contributed by atoms with Gasteiger partial charge in [0.15, 0.2) is 0 Å². The highest BCUT2D eigenvalue weighted by Crippen LogP contribution is 2.19. The number of aliphatic hydroxyl groups is 1. The first-order valence-electron chi connectivity index (χ1n) is 6.63. The van der Waals surface area contributed by atoms with Crippen molar-refractivity contribution in [3.8, 4) is 6.07 Å². The number of rotatable bonds is 5. The summed E-state index contributed by atoms with van der Waals surface area (Å²) in [6, 6.07) is 12.8. The summed E-state index contributed by atoms with van der Waals surface area (Å²) in [6.45, 7) is 1.84. The number of carbonyl (C=O) groups is 1. The molecule has 0 saturated heterocycles. The van der Waals surface area contributed by atoms with E-state index in [1.165, 1.54) is 11.3 Å². The van der Waals surface area contributed by atoms with Gasteiger partial charge in [0, 0.05) is 6.04 Å². The number of nitrogens with one attached hydrogen (secondary N) is 1. The van der Waals surface area contributed by atoms with E-state index in [0.717, 1.165) is 5.56 Å². The summed E-state index contributed by atoms with van der Waals surface area (Å²) in [6.07, 6.45) is -0.205. The van der Waals surface area contributed by atoms with Crippen molar-refractivity contribution in [2.24, 2.45) is 0 Å². The first kappa shape index (κ1) is 15.2. The van der Waals surface area contributed by atoms with E-state index in [1.807, 2.05) is 43.3 Å². The molecule has 108 valence electrons. The molecule has 2 N–H and O–H groups in total. The molecule has 0 aliphatic carbocycles. The molecule has 1 aromatic carbocycles. The number of nitrogens with zero attached hydrogens (tertiary/aromatic N) is 1. The van der Waals surface area contributed by atoms with Crippen LogP contribution in [-0.2, 0) is 0 Å². The smallest absolute Gasteiger partial charge is 0.262 e. The van der Waals surface area contributed by atoms with Crippen LogP contribution in [0.3, 0.4) is 0 Å². The van der Waals surface area contributed by atoms with Crippen molar-refractivity contribution in [2.75, 3.05) is 0 Å². The molecule has 2 rings (SSSR count). The van der Waals surface area contributed by atoms with Crippen LogP contribution in [0.1, 0.15) is 40.2 Å². The van der Waals surface area contributed by atoms with E-state index in [4.69, 9.17) is 5.26 Å². The van der Waals surface area contributed by atoms with E-state index in [9.17, 15) is 9.90 Å². The molecule has 1 aromatic heterocycles. The Labute approximate surface area is 127 Å². The monoisotopic (exact) mass is 300 g/mol. The second-order valence-corrected chi connectivity index (χ2v) is 5.73. The Kier molecular flexibility index (Phi) is 5.09. The quantitative estimate of drug-likeness (QED) is 0.891. The van der Waals surface area contributed by atoms with Gasteiger partial charge < -0.3 is 10.4 Å². The molecule has 21 heavy (non-hydrogen) atoms. The molecule has 1 amide bonds. The first-order chi connectivity index (χ1) is 10.1. The van der Waals surface area contributed by atoms with Crippen molar-refractivity contribution in [1.82, 2.24) is 5.32 Å². The Hall–Kier alpha value is -2.16. The van der Waals surface area contributed by atoms with Gasteiger partial charge in [-0.2, -0.15) is 5.26 Å². The van der Waals surface area contributed by atoms with Gasteiger partial charge in [0.1, 0.15) is 10.9 Å². The number of benzene rings is 1. The van der Waals surface area contributed by atoms with Gasteiger partial charge in [-0.05, 0) is 30.4 Å². The van der Waals surface area contributed by atoms with Gasteiger partial charge in [-0.25, -0.2) is 0 Å². The van der Waals surface area contributed by atoms with Crippen molar-refractivity contribution in [2.45, 2.75) is 25.5 Å². The Balaban J connectivity index is 1.94. The number of thiophene rings is 1. The summed E-state index contributed by atoms with van der Waals surface area (Å²) in [4.78, 5) is 12.5. The summed E-state index contributed by atoms with van der Waals surface area (Å²) in [5.74, 6) is -0.269. The van der Waals surface area contributed by atoms with Gasteiger partial charge in [0.25, 0.3) is 5.91 Å². The van der Waals surface area contributed by atoms with E-state index < -0.39 is 6.10 Å². The fourth-order valence-electron chi connectivity index (χ4n) is 2.07. The van der Waals surface area contributed by atoms with Crippen LogP contribution in [0.15, 0.2) is 41.8 Å². The fraction of sp³-hybridized carbons (Fsp3) is 0.250. The summed E-state index contributed by atoms with van der Waals surface area (Å²) in [5.41, 5.74) is 1.21. The minimum atomic E-state index is -0.625. The van der Waals surface area contributed by atoms with Crippen molar-refractivity contribution >= 4 is 17.2 Å². The molecule has 0 spiro atoms. The molecule has 4 nitrogen and oxygen atoms in total. The van der Waals surface area contributed by atoms with Crippen LogP contribution >= 0.6 is 11.3 Å². The normalized spacial score (nSPS) is 13.2. The van der Waals surface area contributed by atoms with Gasteiger partial charge in [-0.1, -0.05) is 30.3 Å². The van der Waals surface area contributed by atoms with E-state index in [0.29, 0.717) is 16.9 Å². The second kappa shape index (κ2) is 7.02. The summed E-state index contributed by atoms with van der Waals surface area (Å²) < 4.78 is 0. The maximum absolute atomic E-state index is 12.1. The zero-order valence-corrected chi connectivity index (χ0v) is 12.4. The number of nitriles is 1. The predicted molar refractivity (Wildman–Crippen MR) is 82.0 cm³/mol. The zero-order chi connectivity index (χ0) is 15.2. The molecule has 0 aliphatic heterocycles. The molecule has 2 atom stereocenters. The number of aliphatic hydroxyl groups excluding tert-OH is 1. The van der Waals surface area contributed by atoms with E-state index in [1.54, 1.807) is 11.4 Å². The van der Waals surface area contributed by atoms with Crippen LogP contribution in [0.2, 0.25) is 0 Å². The van der Waals surface area contributed by atoms with Crippen molar-refractivity contribution < 1.29 is 9.90 Å². The number of amides is 1. The molecule has 0 aliphatic rings. The largest absolute Gasteiger partial charge is 0.388 e. The van der Waals surface area contributed by atoms with Gasteiger partial charge in [-0.15, -0.1) is 11.3 Å². The Bertz CT molecular complexity index is 646. The molecule has 5 heteroatoms. The van der Waals surface area contributed by atoms with Crippen molar-refractivity contribution in [3.63, 3.8) is 0 Å². The maximum atomic E-state index is 12.1. The topological polar surface area (TPSA) is 73.1 Å². The molecule has 0 saturated carbocycles. The third kappa shape index (κ3) is 3.91. The lowest BCUT2D eigenvalue weighted by molar-refractivity contribution is 0.0921. The fourth-order valence-corrected chi connectivity index (χ4v) is 2.81. The number of carbonyl (C=O) groups excluding carboxylic acids is 1. The minimum Gasteiger partial charge on any atom is -0.388 e. The Morgan fingerprint density at radius 1 is 1.38 bits per heavy atom. The Morgan fingerprint density at radius 3 is 2.76 bits per heavy atom. The predicted octanol–water partition coefficient (Wildman–Crippen LogP) is 2.86. The average molecular weight is 300 g/mol. The summed E-state index contributed by atoms with van der Waals surface area (Å²) in [7, 11) is 0. The minimum absolute atomic E-state index is 0.193. The van der Waals surface area contributed by atoms with E-state index in [-0.39, 0.29) is 11.9 Å². The molecule has 0 fully saturated rings. The Morgan fingerprint density at radius 2 is 2.10 bits per heavy atom. The van der Waals surface area contributed by atoms with Crippen LogP contribution in [0.4, 0.5) is 0 Å². The average Bonchev–Trinajstić information content (AvgIpc) is 2.96. The van der Waals surface area contributed by atoms with Gasteiger partial charge in [0.05, 0.1) is 11.7 Å². The van der Waals surface area contributed by atoms with Crippen LogP contribution in [-0.4, -0.2) is 17.1 Å². The van der Waals surface area contributed by atoms with Gasteiger partial charge in [-0.3, -0.25) is 4.79 Å². The van der Waals surface area contributed by atoms with E-state index in [2.05, 4.69) is 5.32 Å². The molecule has 2 aromatic rings. The lowest BCUT2D eigenvalue weighted by Gasteiger charge is -2.18. The van der Waals surface area contributed by atoms with Crippen LogP contribution in [0.25, 0.3) is 0 Å². The van der Waals surface area contributed by atoms with Crippen LogP contribution in [0.5, 0.6) is 0 Å². The SMILES string of the molecule is CC(CC(O)c1ccccc1)NC(=O)c1sccc1C#N. The number of hydrogen-bond donors (Lipinski definition) is 2. The highest BCUT2D eigenvalue weighted by Gasteiger charge is 2.18. The molecule has 2 unspecified atom stereocenters. The highest BCUT2D eigenvalue weighted by molar-refractivity contribution is 7.12. The lowest BCUT2D eigenvalue weighted by Crippen LogP contribution is -2.33. The number of hydrogen-bond acceptors (Lipinski definition) is 4. The highest BCUT2D eigenvalue weighted by atomic mass is 32.1. The van der Waals surface area contributed by atoms with Crippen LogP contribution < -0.4 is 5.32 Å². The van der Waals surface area contributed by atoms with Gasteiger partial charge in [0.2, 0.25) is 0 Å². The second-order valence-electron chi connectivity index (χ2n) is 4.81. The third-order valence-electron chi connectivity index (χ3n) is 3.13. The van der Waals surface area contributed by atoms with Crippen LogP contribution in [0, 0.1) is 11.3 Å². The van der Waals surface area contributed by atoms with Crippen molar-refractivity contribution in [1.29, 1.82) is 5.26 Å². The van der Waals surface area contributed by atoms with E-state index >= 15 is 0 Å². The van der Waals surface area contributed by atoms with Crippen molar-refractivity contribution in [3.05, 3.63) is 57.8 Å². The molecule has 1 heterocycles. The lowest BCUT2D eigenvalue weighted by atomic mass is 10.0.